The molecule has 1 amide bonds. The molecule has 0 aromatic heterocycles. The molecule has 1 aromatic rings. The lowest BCUT2D eigenvalue weighted by Gasteiger charge is -2.37. The number of carbonyl (C=O) groups excluding carboxylic acids is 1. The van der Waals surface area contributed by atoms with Crippen LogP contribution in [0.15, 0.2) is 41.8 Å². The van der Waals surface area contributed by atoms with E-state index < -0.39 is 0 Å². The van der Waals surface area contributed by atoms with Crippen molar-refractivity contribution in [2.24, 2.45) is 5.10 Å². The van der Waals surface area contributed by atoms with Gasteiger partial charge in [0.2, 0.25) is 5.91 Å². The van der Waals surface area contributed by atoms with Gasteiger partial charge in [-0.05, 0) is 30.5 Å². The van der Waals surface area contributed by atoms with E-state index >= 15 is 0 Å². The van der Waals surface area contributed by atoms with E-state index in [1.165, 1.54) is 5.56 Å². The first-order chi connectivity index (χ1) is 13.2. The minimum Gasteiger partial charge on any atom is -0.356 e. The van der Waals surface area contributed by atoms with E-state index in [-0.39, 0.29) is 24.2 Å². The largest absolute Gasteiger partial charge is 0.356 e. The minimum absolute atomic E-state index is 0.0773. The van der Waals surface area contributed by atoms with Crippen LogP contribution in [-0.4, -0.2) is 40.4 Å². The standard InChI is InChI=1S/C19H25ClN6O/c1-2-9-21-18(27)8-7-17-22-23-19-16-12-15(13-3-5-14(20)6-4-13)24-26(16)11-10-25(17)19/h3-6,10-11,15-16,19,23-24H,2,7-9,12H2,1H3,(H,21,27). The number of hydrogen-bond acceptors (Lipinski definition) is 6. The first kappa shape index (κ1) is 18.1. The van der Waals surface area contributed by atoms with E-state index in [1.54, 1.807) is 0 Å². The predicted molar refractivity (Wildman–Crippen MR) is 105 cm³/mol. The predicted octanol–water partition coefficient (Wildman–Crippen LogP) is 2.30. The highest BCUT2D eigenvalue weighted by molar-refractivity contribution is 6.30. The van der Waals surface area contributed by atoms with Gasteiger partial charge in [-0.1, -0.05) is 30.7 Å². The molecule has 3 unspecified atom stereocenters. The van der Waals surface area contributed by atoms with E-state index in [4.69, 9.17) is 11.6 Å². The molecule has 8 heteroatoms. The molecule has 0 radical (unpaired) electrons. The van der Waals surface area contributed by atoms with Gasteiger partial charge in [0.15, 0.2) is 0 Å². The van der Waals surface area contributed by atoms with E-state index in [1.807, 2.05) is 25.3 Å². The normalized spacial score (nSPS) is 25.7. The molecule has 3 aliphatic rings. The van der Waals surface area contributed by atoms with Gasteiger partial charge >= 0.3 is 0 Å². The monoisotopic (exact) mass is 388 g/mol. The molecule has 4 rings (SSSR count). The smallest absolute Gasteiger partial charge is 0.220 e. The highest BCUT2D eigenvalue weighted by Gasteiger charge is 2.44. The quantitative estimate of drug-likeness (QED) is 0.697. The maximum absolute atomic E-state index is 11.9. The first-order valence-corrected chi connectivity index (χ1v) is 9.89. The molecule has 144 valence electrons. The highest BCUT2D eigenvalue weighted by Crippen LogP contribution is 2.34. The highest BCUT2D eigenvalue weighted by atomic mass is 35.5. The van der Waals surface area contributed by atoms with Gasteiger partial charge in [0.25, 0.3) is 0 Å². The number of hydrazine groups is 1. The van der Waals surface area contributed by atoms with Crippen LogP contribution in [0.4, 0.5) is 0 Å². The van der Waals surface area contributed by atoms with Crippen LogP contribution in [0.25, 0.3) is 0 Å². The zero-order valence-electron chi connectivity index (χ0n) is 15.4. The lowest BCUT2D eigenvalue weighted by Crippen LogP contribution is -2.54. The Hall–Kier alpha value is -2.25. The van der Waals surface area contributed by atoms with E-state index in [9.17, 15) is 4.79 Å². The lowest BCUT2D eigenvalue weighted by atomic mass is 9.99. The van der Waals surface area contributed by atoms with E-state index in [0.717, 1.165) is 30.2 Å². The fourth-order valence-corrected chi connectivity index (χ4v) is 3.93. The molecule has 0 saturated carbocycles. The number of amidine groups is 1. The van der Waals surface area contributed by atoms with Gasteiger partial charge in [-0.25, -0.2) is 5.43 Å². The van der Waals surface area contributed by atoms with Crippen LogP contribution in [0, 0.1) is 0 Å². The Balaban J connectivity index is 1.37. The number of nitrogens with one attached hydrogen (secondary N) is 3. The first-order valence-electron chi connectivity index (χ1n) is 9.51. The molecule has 0 aliphatic carbocycles. The van der Waals surface area contributed by atoms with E-state index in [2.05, 4.69) is 49.5 Å². The number of nitrogens with zero attached hydrogens (tertiary/aromatic N) is 3. The van der Waals surface area contributed by atoms with Crippen molar-refractivity contribution in [3.63, 3.8) is 0 Å². The molecule has 3 N–H and O–H groups in total. The third kappa shape index (κ3) is 3.75. The van der Waals surface area contributed by atoms with E-state index in [0.29, 0.717) is 12.8 Å². The van der Waals surface area contributed by atoms with Crippen LogP contribution in [0.1, 0.15) is 44.2 Å². The van der Waals surface area contributed by atoms with Crippen molar-refractivity contribution in [1.29, 1.82) is 0 Å². The topological polar surface area (TPSA) is 72.0 Å². The number of rotatable bonds is 6. The van der Waals surface area contributed by atoms with Crippen LogP contribution >= 0.6 is 11.6 Å². The molecule has 1 aromatic carbocycles. The molecule has 3 heterocycles. The summed E-state index contributed by atoms with van der Waals surface area (Å²) in [6, 6.07) is 8.48. The van der Waals surface area contributed by atoms with Gasteiger partial charge in [0.05, 0.1) is 12.1 Å². The van der Waals surface area contributed by atoms with Gasteiger partial charge < -0.3 is 15.2 Å². The Kier molecular flexibility index (Phi) is 5.22. The molecule has 3 atom stereocenters. The third-order valence-corrected chi connectivity index (χ3v) is 5.49. The summed E-state index contributed by atoms with van der Waals surface area (Å²) in [6.45, 7) is 2.78. The van der Waals surface area contributed by atoms with Gasteiger partial charge in [-0.15, -0.1) is 0 Å². The molecule has 3 aliphatic heterocycles. The van der Waals surface area contributed by atoms with Crippen LogP contribution in [0.2, 0.25) is 5.02 Å². The zero-order chi connectivity index (χ0) is 18.8. The summed E-state index contributed by atoms with van der Waals surface area (Å²) in [5.74, 6) is 0.994. The SMILES string of the molecule is CCCNC(=O)CCC1=NNC2C3CC(c4ccc(Cl)cc4)NN3C=CN12. The molecule has 27 heavy (non-hydrogen) atoms. The maximum atomic E-state index is 11.9. The molecule has 1 saturated heterocycles. The molecule has 1 fully saturated rings. The molecule has 0 spiro atoms. The summed E-state index contributed by atoms with van der Waals surface area (Å²) in [5, 5.41) is 10.3. The summed E-state index contributed by atoms with van der Waals surface area (Å²) in [6.07, 6.45) is 7.15. The Morgan fingerprint density at radius 3 is 2.93 bits per heavy atom. The second-order valence-electron chi connectivity index (χ2n) is 7.10. The van der Waals surface area contributed by atoms with Gasteiger partial charge in [-0.3, -0.25) is 10.2 Å². The zero-order valence-corrected chi connectivity index (χ0v) is 16.1. The third-order valence-electron chi connectivity index (χ3n) is 5.24. The van der Waals surface area contributed by atoms with Crippen molar-refractivity contribution in [2.45, 2.75) is 50.9 Å². The molecular weight excluding hydrogens is 364 g/mol. The molecule has 7 nitrogen and oxygen atoms in total. The molecule has 0 bridgehead atoms. The Labute approximate surface area is 164 Å². The van der Waals surface area contributed by atoms with Crippen LogP contribution in [0.5, 0.6) is 0 Å². The second-order valence-corrected chi connectivity index (χ2v) is 7.54. The van der Waals surface area contributed by atoms with Crippen molar-refractivity contribution >= 4 is 23.3 Å². The number of carbonyl (C=O) groups is 1. The summed E-state index contributed by atoms with van der Waals surface area (Å²) < 4.78 is 0. The Morgan fingerprint density at radius 2 is 2.15 bits per heavy atom. The average molecular weight is 389 g/mol. The molecular formula is C19H25ClN6O. The Bertz CT molecular complexity index is 749. The number of hydrazone groups is 1. The number of halogens is 1. The second kappa shape index (κ2) is 7.78. The average Bonchev–Trinajstić information content (AvgIpc) is 3.28. The van der Waals surface area contributed by atoms with Crippen LogP contribution in [-0.2, 0) is 4.79 Å². The summed E-state index contributed by atoms with van der Waals surface area (Å²) in [5.41, 5.74) is 8.03. The Morgan fingerprint density at radius 1 is 1.33 bits per heavy atom. The number of amides is 1. The fraction of sp³-hybridized carbons (Fsp3) is 0.474. The lowest BCUT2D eigenvalue weighted by molar-refractivity contribution is -0.120. The van der Waals surface area contributed by atoms with Gasteiger partial charge in [0, 0.05) is 36.8 Å². The van der Waals surface area contributed by atoms with Crippen molar-refractivity contribution in [3.8, 4) is 0 Å². The maximum Gasteiger partial charge on any atom is 0.220 e. The minimum atomic E-state index is 0.0773. The number of benzene rings is 1. The summed E-state index contributed by atoms with van der Waals surface area (Å²) in [7, 11) is 0. The summed E-state index contributed by atoms with van der Waals surface area (Å²) >= 11 is 6.01. The van der Waals surface area contributed by atoms with Gasteiger partial charge in [-0.2, -0.15) is 5.10 Å². The summed E-state index contributed by atoms with van der Waals surface area (Å²) in [4.78, 5) is 14.0. The number of fused-ring (bicyclic) bond motifs is 3. The number of hydrogen-bond donors (Lipinski definition) is 3. The van der Waals surface area contributed by atoms with Crippen molar-refractivity contribution in [1.82, 2.24) is 26.1 Å². The van der Waals surface area contributed by atoms with Crippen molar-refractivity contribution in [2.75, 3.05) is 6.54 Å². The fourth-order valence-electron chi connectivity index (χ4n) is 3.80. The van der Waals surface area contributed by atoms with Crippen molar-refractivity contribution < 1.29 is 4.79 Å². The van der Waals surface area contributed by atoms with Crippen LogP contribution < -0.4 is 16.2 Å². The van der Waals surface area contributed by atoms with Gasteiger partial charge in [0.1, 0.15) is 12.0 Å². The van der Waals surface area contributed by atoms with Crippen LogP contribution in [0.3, 0.4) is 0 Å². The van der Waals surface area contributed by atoms with Crippen molar-refractivity contribution in [3.05, 3.63) is 47.3 Å².